The smallest absolute Gasteiger partial charge is 0.408 e. The number of hydrogen-bond donors (Lipinski definition) is 1. The minimum atomic E-state index is -4.39. The number of benzene rings is 1. The van der Waals surface area contributed by atoms with Gasteiger partial charge >= 0.3 is 12.2 Å². The Bertz CT molecular complexity index is 571. The Hall–Kier alpha value is -1.76. The van der Waals surface area contributed by atoms with E-state index in [4.69, 9.17) is 16.0 Å². The van der Waals surface area contributed by atoms with Crippen molar-refractivity contribution in [2.24, 2.45) is 0 Å². The number of alkyl halides is 4. The molecule has 1 heterocycles. The van der Waals surface area contributed by atoms with E-state index in [2.05, 4.69) is 15.5 Å². The Balaban J connectivity index is 2.07. The highest BCUT2D eigenvalue weighted by atomic mass is 35.5. The monoisotopic (exact) mass is 305 g/mol. The summed E-state index contributed by atoms with van der Waals surface area (Å²) < 4.78 is 43.5. The number of hydrogen-bond acceptors (Lipinski definition) is 4. The molecule has 0 atom stereocenters. The van der Waals surface area contributed by atoms with Gasteiger partial charge < -0.3 is 9.73 Å². The molecular weight excluding hydrogens is 295 g/mol. The average molecular weight is 306 g/mol. The third-order valence-corrected chi connectivity index (χ3v) is 2.72. The number of rotatable bonds is 5. The van der Waals surface area contributed by atoms with Crippen molar-refractivity contribution in [3.63, 3.8) is 0 Å². The first-order valence-corrected chi connectivity index (χ1v) is 6.31. The van der Waals surface area contributed by atoms with Gasteiger partial charge in [0.25, 0.3) is 0 Å². The second-order valence-corrected chi connectivity index (χ2v) is 4.33. The van der Waals surface area contributed by atoms with Crippen LogP contribution in [0.3, 0.4) is 0 Å². The van der Waals surface area contributed by atoms with Crippen molar-refractivity contribution >= 4 is 17.6 Å². The van der Waals surface area contributed by atoms with Crippen molar-refractivity contribution in [3.05, 3.63) is 41.3 Å². The van der Waals surface area contributed by atoms with Gasteiger partial charge in [-0.15, -0.1) is 16.7 Å². The van der Waals surface area contributed by atoms with Crippen LogP contribution in [0.25, 0.3) is 0 Å². The zero-order valence-electron chi connectivity index (χ0n) is 10.2. The van der Waals surface area contributed by atoms with Crippen LogP contribution in [-0.2, 0) is 19.1 Å². The Morgan fingerprint density at radius 1 is 1.20 bits per heavy atom. The predicted molar refractivity (Wildman–Crippen MR) is 67.5 cm³/mol. The van der Waals surface area contributed by atoms with Crippen molar-refractivity contribution in [2.45, 2.75) is 19.1 Å². The van der Waals surface area contributed by atoms with Gasteiger partial charge in [0.05, 0.1) is 5.56 Å². The summed E-state index contributed by atoms with van der Waals surface area (Å²) in [5.74, 6) is 0.671. The molecule has 0 aliphatic heterocycles. The first kappa shape index (κ1) is 14.6. The van der Waals surface area contributed by atoms with Crippen molar-refractivity contribution < 1.29 is 17.6 Å². The molecule has 0 fully saturated rings. The van der Waals surface area contributed by atoms with Gasteiger partial charge in [-0.05, 0) is 11.6 Å². The van der Waals surface area contributed by atoms with Gasteiger partial charge in [-0.1, -0.05) is 23.3 Å². The van der Waals surface area contributed by atoms with Gasteiger partial charge in [0.15, 0.2) is 0 Å². The second-order valence-electron chi connectivity index (χ2n) is 3.95. The van der Waals surface area contributed by atoms with E-state index in [1.165, 1.54) is 12.1 Å². The van der Waals surface area contributed by atoms with E-state index >= 15 is 0 Å². The second kappa shape index (κ2) is 6.13. The van der Waals surface area contributed by atoms with Crippen molar-refractivity contribution in [3.8, 4) is 0 Å². The summed E-state index contributed by atoms with van der Waals surface area (Å²) in [5, 5.41) is 10.0. The lowest BCUT2D eigenvalue weighted by molar-refractivity contribution is -0.138. The summed E-state index contributed by atoms with van der Waals surface area (Å²) in [7, 11) is 0. The summed E-state index contributed by atoms with van der Waals surface area (Å²) in [5.41, 5.74) is -0.579. The van der Waals surface area contributed by atoms with Crippen LogP contribution in [0.4, 0.5) is 19.2 Å². The molecule has 108 valence electrons. The van der Waals surface area contributed by atoms with Crippen LogP contribution >= 0.6 is 11.6 Å². The fraction of sp³-hybridized carbons (Fsp3) is 0.333. The summed E-state index contributed by atoms with van der Waals surface area (Å²) in [6, 6.07) is 5.38. The lowest BCUT2D eigenvalue weighted by atomic mass is 10.1. The third-order valence-electron chi connectivity index (χ3n) is 2.53. The molecular formula is C12H11ClF3N3O. The molecule has 8 heteroatoms. The largest absolute Gasteiger partial charge is 0.416 e. The Labute approximate surface area is 118 Å². The Morgan fingerprint density at radius 2 is 1.95 bits per heavy atom. The minimum Gasteiger partial charge on any atom is -0.408 e. The average Bonchev–Trinajstić information content (AvgIpc) is 2.84. The normalized spacial score (nSPS) is 11.6. The molecule has 1 N–H and O–H groups in total. The minimum absolute atomic E-state index is 0.0573. The van der Waals surface area contributed by atoms with Crippen LogP contribution in [0.5, 0.6) is 0 Å². The highest BCUT2D eigenvalue weighted by Crippen LogP contribution is 2.32. The molecule has 1 aromatic heterocycles. The van der Waals surface area contributed by atoms with Gasteiger partial charge in [-0.3, -0.25) is 0 Å². The molecule has 0 bridgehead atoms. The molecule has 0 radical (unpaired) electrons. The van der Waals surface area contributed by atoms with E-state index < -0.39 is 11.7 Å². The molecule has 1 aromatic carbocycles. The van der Waals surface area contributed by atoms with Crippen LogP contribution in [0.1, 0.15) is 17.0 Å². The maximum Gasteiger partial charge on any atom is 0.416 e. The molecule has 0 spiro atoms. The Kier molecular flexibility index (Phi) is 4.49. The van der Waals surface area contributed by atoms with Crippen LogP contribution in [0, 0.1) is 0 Å². The number of nitrogens with zero attached hydrogens (tertiary/aromatic N) is 2. The van der Waals surface area contributed by atoms with Crippen molar-refractivity contribution in [2.75, 3.05) is 11.2 Å². The zero-order valence-corrected chi connectivity index (χ0v) is 11.0. The quantitative estimate of drug-likeness (QED) is 0.859. The lowest BCUT2D eigenvalue weighted by Gasteiger charge is -2.12. The van der Waals surface area contributed by atoms with E-state index in [9.17, 15) is 13.2 Å². The Morgan fingerprint density at radius 3 is 2.65 bits per heavy atom. The molecule has 0 aliphatic carbocycles. The summed E-state index contributed by atoms with van der Waals surface area (Å²) in [6.45, 7) is -0.0573. The summed E-state index contributed by atoms with van der Waals surface area (Å²) in [4.78, 5) is 0. The lowest BCUT2D eigenvalue weighted by Crippen LogP contribution is -2.11. The highest BCUT2D eigenvalue weighted by Gasteiger charge is 2.32. The standard InChI is InChI=1S/C12H11ClF3N3O/c13-6-5-10-18-19-11(20-10)17-7-8-3-1-2-4-9(8)12(14,15)16/h1-4H,5-7H2,(H,17,19). The van der Waals surface area contributed by atoms with Crippen LogP contribution in [0.2, 0.25) is 0 Å². The molecule has 2 rings (SSSR count). The molecule has 0 saturated carbocycles. The molecule has 4 nitrogen and oxygen atoms in total. The fourth-order valence-electron chi connectivity index (χ4n) is 1.63. The number of halogens is 4. The van der Waals surface area contributed by atoms with Gasteiger partial charge in [0.2, 0.25) is 5.89 Å². The van der Waals surface area contributed by atoms with Crippen LogP contribution in [0.15, 0.2) is 28.7 Å². The van der Waals surface area contributed by atoms with Crippen molar-refractivity contribution in [1.29, 1.82) is 0 Å². The van der Waals surface area contributed by atoms with E-state index in [-0.39, 0.29) is 18.1 Å². The summed E-state index contributed by atoms with van der Waals surface area (Å²) in [6.07, 6.45) is -3.98. The maximum absolute atomic E-state index is 12.8. The zero-order chi connectivity index (χ0) is 14.6. The molecule has 0 amide bonds. The van der Waals surface area contributed by atoms with Crippen molar-refractivity contribution in [1.82, 2.24) is 10.2 Å². The van der Waals surface area contributed by atoms with Crippen LogP contribution < -0.4 is 5.32 Å². The predicted octanol–water partition coefficient (Wildman–Crippen LogP) is 3.48. The first-order valence-electron chi connectivity index (χ1n) is 5.78. The molecule has 0 aliphatic rings. The van der Waals surface area contributed by atoms with Crippen LogP contribution in [-0.4, -0.2) is 16.1 Å². The summed E-state index contributed by atoms with van der Waals surface area (Å²) >= 11 is 5.52. The number of nitrogens with one attached hydrogen (secondary N) is 1. The van der Waals surface area contributed by atoms with Gasteiger partial charge in [0, 0.05) is 18.8 Å². The van der Waals surface area contributed by atoms with Gasteiger partial charge in [0.1, 0.15) is 0 Å². The highest BCUT2D eigenvalue weighted by molar-refractivity contribution is 6.17. The molecule has 20 heavy (non-hydrogen) atoms. The number of aromatic nitrogens is 2. The van der Waals surface area contributed by atoms with E-state index in [1.807, 2.05) is 0 Å². The molecule has 0 saturated heterocycles. The molecule has 0 unspecified atom stereocenters. The first-order chi connectivity index (χ1) is 9.50. The fourth-order valence-corrected chi connectivity index (χ4v) is 1.79. The maximum atomic E-state index is 12.8. The number of aryl methyl sites for hydroxylation is 1. The topological polar surface area (TPSA) is 51.0 Å². The van der Waals surface area contributed by atoms with E-state index in [1.54, 1.807) is 6.07 Å². The third kappa shape index (κ3) is 3.63. The molecule has 2 aromatic rings. The van der Waals surface area contributed by atoms with E-state index in [0.29, 0.717) is 18.2 Å². The van der Waals surface area contributed by atoms with Gasteiger partial charge in [-0.2, -0.15) is 13.2 Å². The SMILES string of the molecule is FC(F)(F)c1ccccc1CNc1nnc(CCCl)o1. The van der Waals surface area contributed by atoms with E-state index in [0.717, 1.165) is 6.07 Å². The number of anilines is 1. The van der Waals surface area contributed by atoms with Gasteiger partial charge in [-0.25, -0.2) is 0 Å².